The lowest BCUT2D eigenvalue weighted by molar-refractivity contribution is -0.117. The van der Waals surface area contributed by atoms with Gasteiger partial charge in [0.2, 0.25) is 0 Å². The van der Waals surface area contributed by atoms with Gasteiger partial charge in [0.25, 0.3) is 5.91 Å². The number of anilines is 2. The molecule has 0 fully saturated rings. The molecule has 1 atom stereocenters. The van der Waals surface area contributed by atoms with Crippen LogP contribution >= 0.6 is 11.6 Å². The number of benzene rings is 4. The topological polar surface area (TPSA) is 50.4 Å². The van der Waals surface area contributed by atoms with Crippen LogP contribution in [0.2, 0.25) is 5.02 Å². The first-order valence-electron chi connectivity index (χ1n) is 10.3. The van der Waals surface area contributed by atoms with Crippen LogP contribution in [0.4, 0.5) is 11.4 Å². The molecule has 0 radical (unpaired) electrons. The van der Waals surface area contributed by atoms with Gasteiger partial charge in [-0.15, -0.1) is 0 Å². The van der Waals surface area contributed by atoms with E-state index in [-0.39, 0.29) is 5.91 Å². The van der Waals surface area contributed by atoms with Crippen LogP contribution in [0, 0.1) is 6.92 Å². The Labute approximate surface area is 192 Å². The van der Waals surface area contributed by atoms with E-state index in [2.05, 4.69) is 10.6 Å². The number of rotatable bonds is 7. The average molecular weight is 443 g/mol. The Balaban J connectivity index is 1.57. The molecule has 4 aromatic carbocycles. The smallest absolute Gasteiger partial charge is 0.251 e. The van der Waals surface area contributed by atoms with E-state index in [1.165, 1.54) is 0 Å². The van der Waals surface area contributed by atoms with E-state index in [4.69, 9.17) is 16.3 Å². The maximum Gasteiger partial charge on any atom is 0.251 e. The van der Waals surface area contributed by atoms with Crippen molar-refractivity contribution in [3.8, 4) is 11.5 Å². The van der Waals surface area contributed by atoms with E-state index in [0.29, 0.717) is 16.5 Å². The summed E-state index contributed by atoms with van der Waals surface area (Å²) in [5.74, 6) is 1.24. The van der Waals surface area contributed by atoms with Crippen molar-refractivity contribution in [2.45, 2.75) is 13.0 Å². The Kier molecular flexibility index (Phi) is 6.73. The van der Waals surface area contributed by atoms with Crippen LogP contribution in [0.15, 0.2) is 103 Å². The molecule has 0 heterocycles. The lowest BCUT2D eigenvalue weighted by atomic mass is 10.1. The van der Waals surface area contributed by atoms with Gasteiger partial charge in [-0.2, -0.15) is 0 Å². The van der Waals surface area contributed by atoms with Gasteiger partial charge >= 0.3 is 0 Å². The van der Waals surface area contributed by atoms with Crippen molar-refractivity contribution in [3.63, 3.8) is 0 Å². The number of hydrogen-bond acceptors (Lipinski definition) is 3. The highest BCUT2D eigenvalue weighted by Gasteiger charge is 2.21. The molecule has 5 heteroatoms. The first kappa shape index (κ1) is 21.5. The van der Waals surface area contributed by atoms with Gasteiger partial charge in [-0.1, -0.05) is 72.3 Å². The molecule has 0 aliphatic carbocycles. The van der Waals surface area contributed by atoms with Crippen molar-refractivity contribution < 1.29 is 9.53 Å². The van der Waals surface area contributed by atoms with Crippen molar-refractivity contribution in [1.29, 1.82) is 0 Å². The largest absolute Gasteiger partial charge is 0.457 e. The molecule has 4 rings (SSSR count). The molecule has 0 spiro atoms. The van der Waals surface area contributed by atoms with E-state index in [9.17, 15) is 4.79 Å². The van der Waals surface area contributed by atoms with Crippen LogP contribution in [-0.2, 0) is 4.79 Å². The van der Waals surface area contributed by atoms with E-state index >= 15 is 0 Å². The minimum absolute atomic E-state index is 0.189. The predicted octanol–water partition coefficient (Wildman–Crippen LogP) is 7.23. The molecule has 0 saturated carbocycles. The number of hydrogen-bond donors (Lipinski definition) is 2. The number of carbonyl (C=O) groups excluding carboxylic acids is 1. The highest BCUT2D eigenvalue weighted by Crippen LogP contribution is 2.28. The zero-order chi connectivity index (χ0) is 22.3. The standard InChI is InChI=1S/C27H23ClN2O2/c1-19-15-16-22(18-25(19)28)30-27(31)26(20-9-4-2-5-10-20)29-21-11-8-14-24(17-21)32-23-12-6-3-7-13-23/h2-18,26,29H,1H3,(H,30,31)/t26-/m1/s1. The molecule has 2 N–H and O–H groups in total. The Hall–Kier alpha value is -3.76. The molecule has 32 heavy (non-hydrogen) atoms. The lowest BCUT2D eigenvalue weighted by Crippen LogP contribution is -2.27. The van der Waals surface area contributed by atoms with Crippen LogP contribution in [0.5, 0.6) is 11.5 Å². The third kappa shape index (κ3) is 5.48. The molecule has 160 valence electrons. The Morgan fingerprint density at radius 2 is 1.47 bits per heavy atom. The van der Waals surface area contributed by atoms with E-state index in [1.54, 1.807) is 6.07 Å². The summed E-state index contributed by atoms with van der Waals surface area (Å²) in [6.07, 6.45) is 0. The van der Waals surface area contributed by atoms with Crippen molar-refractivity contribution in [2.75, 3.05) is 10.6 Å². The van der Waals surface area contributed by atoms with E-state index in [1.807, 2.05) is 104 Å². The van der Waals surface area contributed by atoms with Gasteiger partial charge in [-0.25, -0.2) is 0 Å². The zero-order valence-electron chi connectivity index (χ0n) is 17.6. The lowest BCUT2D eigenvalue weighted by Gasteiger charge is -2.21. The fourth-order valence-corrected chi connectivity index (χ4v) is 3.45. The van der Waals surface area contributed by atoms with Crippen LogP contribution in [0.1, 0.15) is 17.2 Å². The van der Waals surface area contributed by atoms with Gasteiger partial charge in [0.1, 0.15) is 17.5 Å². The van der Waals surface area contributed by atoms with Gasteiger partial charge in [0.05, 0.1) is 0 Å². The minimum atomic E-state index is -0.608. The third-order valence-corrected chi connectivity index (χ3v) is 5.37. The monoisotopic (exact) mass is 442 g/mol. The van der Waals surface area contributed by atoms with Crippen molar-refractivity contribution in [1.82, 2.24) is 0 Å². The molecule has 0 unspecified atom stereocenters. The molecule has 0 aromatic heterocycles. The second-order valence-electron chi connectivity index (χ2n) is 7.38. The molecule has 0 aliphatic heterocycles. The predicted molar refractivity (Wildman–Crippen MR) is 131 cm³/mol. The number of ether oxygens (including phenoxy) is 1. The van der Waals surface area contributed by atoms with Crippen LogP contribution < -0.4 is 15.4 Å². The Morgan fingerprint density at radius 3 is 2.19 bits per heavy atom. The highest BCUT2D eigenvalue weighted by atomic mass is 35.5. The van der Waals surface area contributed by atoms with E-state index < -0.39 is 6.04 Å². The molecule has 0 saturated heterocycles. The van der Waals surface area contributed by atoms with Crippen molar-refractivity contribution >= 4 is 28.9 Å². The first-order valence-corrected chi connectivity index (χ1v) is 10.7. The van der Waals surface area contributed by atoms with Gasteiger partial charge < -0.3 is 15.4 Å². The minimum Gasteiger partial charge on any atom is -0.457 e. The average Bonchev–Trinajstić information content (AvgIpc) is 2.81. The van der Waals surface area contributed by atoms with Gasteiger partial charge in [-0.05, 0) is 54.4 Å². The van der Waals surface area contributed by atoms with Crippen molar-refractivity contribution in [3.05, 3.63) is 119 Å². The molecule has 1 amide bonds. The van der Waals surface area contributed by atoms with Gasteiger partial charge in [-0.3, -0.25) is 4.79 Å². The fourth-order valence-electron chi connectivity index (χ4n) is 3.27. The van der Waals surface area contributed by atoms with Crippen LogP contribution in [0.3, 0.4) is 0 Å². The van der Waals surface area contributed by atoms with Gasteiger partial charge in [0, 0.05) is 22.5 Å². The summed E-state index contributed by atoms with van der Waals surface area (Å²) in [4.78, 5) is 13.2. The number of halogens is 1. The van der Waals surface area contributed by atoms with Crippen LogP contribution in [0.25, 0.3) is 0 Å². The number of aryl methyl sites for hydroxylation is 1. The summed E-state index contributed by atoms with van der Waals surface area (Å²) in [6.45, 7) is 1.92. The summed E-state index contributed by atoms with van der Waals surface area (Å²) < 4.78 is 5.93. The normalized spacial score (nSPS) is 11.4. The zero-order valence-corrected chi connectivity index (χ0v) is 18.3. The van der Waals surface area contributed by atoms with E-state index in [0.717, 1.165) is 22.6 Å². The number of nitrogens with one attached hydrogen (secondary N) is 2. The molecule has 0 aliphatic rings. The maximum absolute atomic E-state index is 13.2. The number of para-hydroxylation sites is 1. The number of amides is 1. The number of carbonyl (C=O) groups is 1. The summed E-state index contributed by atoms with van der Waals surface area (Å²) in [5, 5.41) is 6.92. The summed E-state index contributed by atoms with van der Waals surface area (Å²) in [6, 6.07) is 31.6. The van der Waals surface area contributed by atoms with Gasteiger partial charge in [0.15, 0.2) is 0 Å². The molecule has 4 aromatic rings. The third-order valence-electron chi connectivity index (χ3n) is 4.96. The highest BCUT2D eigenvalue weighted by molar-refractivity contribution is 6.31. The van der Waals surface area contributed by atoms with Crippen molar-refractivity contribution in [2.24, 2.45) is 0 Å². The second-order valence-corrected chi connectivity index (χ2v) is 7.79. The molecule has 4 nitrogen and oxygen atoms in total. The summed E-state index contributed by atoms with van der Waals surface area (Å²) in [5.41, 5.74) is 3.22. The fraction of sp³-hybridized carbons (Fsp3) is 0.0741. The molecule has 0 bridgehead atoms. The molecular weight excluding hydrogens is 420 g/mol. The summed E-state index contributed by atoms with van der Waals surface area (Å²) >= 11 is 6.23. The molecular formula is C27H23ClN2O2. The Bertz CT molecular complexity index is 1200. The maximum atomic E-state index is 13.2. The van der Waals surface area contributed by atoms with Crippen LogP contribution in [-0.4, -0.2) is 5.91 Å². The quantitative estimate of drug-likeness (QED) is 0.317. The summed E-state index contributed by atoms with van der Waals surface area (Å²) in [7, 11) is 0. The second kappa shape index (κ2) is 10.0. The SMILES string of the molecule is Cc1ccc(NC(=O)[C@H](Nc2cccc(Oc3ccccc3)c2)c2ccccc2)cc1Cl. The first-order chi connectivity index (χ1) is 15.6. The Morgan fingerprint density at radius 1 is 0.781 bits per heavy atom.